The molecule has 3 rings (SSSR count). The molecular weight excluding hydrogens is 319 g/mol. The maximum absolute atomic E-state index is 13.0. The zero-order chi connectivity index (χ0) is 18.4. The summed E-state index contributed by atoms with van der Waals surface area (Å²) in [5, 5.41) is 0. The van der Waals surface area contributed by atoms with Gasteiger partial charge in [-0.1, -0.05) is 61.2 Å². The number of benzene rings is 3. The van der Waals surface area contributed by atoms with Crippen molar-refractivity contribution in [2.45, 2.75) is 20.3 Å². The van der Waals surface area contributed by atoms with E-state index in [-0.39, 0.29) is 5.82 Å². The standard InChI is InChI=1S/C25H21F/c1-3-20-4-6-21(7-5-20)8-9-22-10-12-23(13-11-22)18-19(2)24-14-16-25(26)17-15-24/h4-7,10-18H,3H2,1-2H3/b19-18+. The minimum atomic E-state index is -0.214. The summed E-state index contributed by atoms with van der Waals surface area (Å²) in [4.78, 5) is 0. The topological polar surface area (TPSA) is 0 Å². The maximum atomic E-state index is 13.0. The maximum Gasteiger partial charge on any atom is 0.123 e. The summed E-state index contributed by atoms with van der Waals surface area (Å²) < 4.78 is 13.0. The van der Waals surface area contributed by atoms with Gasteiger partial charge in [-0.05, 0) is 72.0 Å². The van der Waals surface area contributed by atoms with Crippen molar-refractivity contribution in [1.82, 2.24) is 0 Å². The molecule has 0 bridgehead atoms. The van der Waals surface area contributed by atoms with Crippen LogP contribution in [0.5, 0.6) is 0 Å². The summed E-state index contributed by atoms with van der Waals surface area (Å²) >= 11 is 0. The van der Waals surface area contributed by atoms with Crippen LogP contribution < -0.4 is 0 Å². The number of allylic oxidation sites excluding steroid dienone is 1. The van der Waals surface area contributed by atoms with Crippen LogP contribution >= 0.6 is 0 Å². The summed E-state index contributed by atoms with van der Waals surface area (Å²) in [7, 11) is 0. The Morgan fingerprint density at radius 1 is 0.808 bits per heavy atom. The number of aryl methyl sites for hydroxylation is 1. The van der Waals surface area contributed by atoms with Crippen LogP contribution in [0.25, 0.3) is 11.6 Å². The van der Waals surface area contributed by atoms with E-state index >= 15 is 0 Å². The van der Waals surface area contributed by atoms with E-state index in [0.717, 1.165) is 34.2 Å². The molecule has 0 N–H and O–H groups in total. The molecule has 0 nitrogen and oxygen atoms in total. The fourth-order valence-corrected chi connectivity index (χ4v) is 2.68. The van der Waals surface area contributed by atoms with E-state index in [0.29, 0.717) is 0 Å². The normalized spacial score (nSPS) is 11.0. The van der Waals surface area contributed by atoms with Gasteiger partial charge in [0.25, 0.3) is 0 Å². The van der Waals surface area contributed by atoms with E-state index in [9.17, 15) is 4.39 Å². The van der Waals surface area contributed by atoms with Gasteiger partial charge in [-0.25, -0.2) is 4.39 Å². The van der Waals surface area contributed by atoms with Crippen LogP contribution in [-0.4, -0.2) is 0 Å². The van der Waals surface area contributed by atoms with Crippen LogP contribution in [0.2, 0.25) is 0 Å². The second-order valence-electron chi connectivity index (χ2n) is 6.26. The molecule has 128 valence electrons. The van der Waals surface area contributed by atoms with Crippen molar-refractivity contribution in [1.29, 1.82) is 0 Å². The van der Waals surface area contributed by atoms with Gasteiger partial charge in [0, 0.05) is 11.1 Å². The van der Waals surface area contributed by atoms with Gasteiger partial charge in [-0.15, -0.1) is 0 Å². The Kier molecular flexibility index (Phi) is 5.66. The first kappa shape index (κ1) is 17.7. The lowest BCUT2D eigenvalue weighted by atomic mass is 10.0. The molecule has 0 aromatic heterocycles. The smallest absolute Gasteiger partial charge is 0.123 e. The Morgan fingerprint density at radius 2 is 1.35 bits per heavy atom. The monoisotopic (exact) mass is 340 g/mol. The molecule has 26 heavy (non-hydrogen) atoms. The van der Waals surface area contributed by atoms with Gasteiger partial charge in [0.2, 0.25) is 0 Å². The molecule has 0 spiro atoms. The van der Waals surface area contributed by atoms with E-state index in [1.54, 1.807) is 12.1 Å². The minimum absolute atomic E-state index is 0.214. The molecule has 0 atom stereocenters. The molecule has 0 radical (unpaired) electrons. The third-order valence-corrected chi connectivity index (χ3v) is 4.31. The molecule has 0 saturated carbocycles. The molecule has 0 aliphatic rings. The molecule has 0 fully saturated rings. The second kappa shape index (κ2) is 8.32. The molecular formula is C25H21F. The summed E-state index contributed by atoms with van der Waals surface area (Å²) in [6.45, 7) is 4.18. The summed E-state index contributed by atoms with van der Waals surface area (Å²) in [5.41, 5.74) is 6.55. The van der Waals surface area contributed by atoms with Crippen LogP contribution in [-0.2, 0) is 6.42 Å². The molecule has 1 heteroatoms. The van der Waals surface area contributed by atoms with Crippen molar-refractivity contribution in [3.8, 4) is 11.8 Å². The predicted octanol–water partition coefficient (Wildman–Crippen LogP) is 6.35. The van der Waals surface area contributed by atoms with Crippen molar-refractivity contribution in [2.75, 3.05) is 0 Å². The van der Waals surface area contributed by atoms with Gasteiger partial charge in [0.1, 0.15) is 5.82 Å². The average Bonchev–Trinajstić information content (AvgIpc) is 2.68. The van der Waals surface area contributed by atoms with E-state index in [2.05, 4.69) is 61.2 Å². The third kappa shape index (κ3) is 4.71. The zero-order valence-corrected chi connectivity index (χ0v) is 15.1. The highest BCUT2D eigenvalue weighted by Crippen LogP contribution is 2.18. The Balaban J connectivity index is 1.73. The first-order chi connectivity index (χ1) is 12.6. The fraction of sp³-hybridized carbons (Fsp3) is 0.120. The Hall–Kier alpha value is -3.11. The lowest BCUT2D eigenvalue weighted by Gasteiger charge is -2.02. The highest BCUT2D eigenvalue weighted by atomic mass is 19.1. The van der Waals surface area contributed by atoms with E-state index in [1.807, 2.05) is 19.1 Å². The first-order valence-corrected chi connectivity index (χ1v) is 8.79. The van der Waals surface area contributed by atoms with Crippen molar-refractivity contribution in [3.05, 3.63) is 106 Å². The first-order valence-electron chi connectivity index (χ1n) is 8.79. The van der Waals surface area contributed by atoms with Crippen molar-refractivity contribution in [2.24, 2.45) is 0 Å². The van der Waals surface area contributed by atoms with Crippen LogP contribution in [0.15, 0.2) is 72.8 Å². The predicted molar refractivity (Wildman–Crippen MR) is 108 cm³/mol. The van der Waals surface area contributed by atoms with Gasteiger partial charge in [-0.2, -0.15) is 0 Å². The Labute approximate surface area is 155 Å². The van der Waals surface area contributed by atoms with Crippen molar-refractivity contribution < 1.29 is 4.39 Å². The van der Waals surface area contributed by atoms with Gasteiger partial charge < -0.3 is 0 Å². The van der Waals surface area contributed by atoms with Crippen LogP contribution in [0, 0.1) is 17.7 Å². The number of rotatable bonds is 3. The van der Waals surface area contributed by atoms with Crippen LogP contribution in [0.4, 0.5) is 4.39 Å². The molecule has 0 saturated heterocycles. The summed E-state index contributed by atoms with van der Waals surface area (Å²) in [6, 6.07) is 23.1. The fourth-order valence-electron chi connectivity index (χ4n) is 2.68. The lowest BCUT2D eigenvalue weighted by molar-refractivity contribution is 0.627. The SMILES string of the molecule is CCc1ccc(C#Cc2ccc(/C=C(\C)c3ccc(F)cc3)cc2)cc1. The second-order valence-corrected chi connectivity index (χ2v) is 6.26. The third-order valence-electron chi connectivity index (χ3n) is 4.31. The Morgan fingerprint density at radius 3 is 1.88 bits per heavy atom. The van der Waals surface area contributed by atoms with Gasteiger partial charge >= 0.3 is 0 Å². The summed E-state index contributed by atoms with van der Waals surface area (Å²) in [6.07, 6.45) is 3.13. The van der Waals surface area contributed by atoms with E-state index in [4.69, 9.17) is 0 Å². The average molecular weight is 340 g/mol. The van der Waals surface area contributed by atoms with Gasteiger partial charge in [0.15, 0.2) is 0 Å². The van der Waals surface area contributed by atoms with Crippen LogP contribution in [0.1, 0.15) is 41.7 Å². The quantitative estimate of drug-likeness (QED) is 0.385. The molecule has 0 unspecified atom stereocenters. The molecule has 0 aliphatic heterocycles. The molecule has 3 aromatic rings. The number of halogens is 1. The van der Waals surface area contributed by atoms with Gasteiger partial charge in [-0.3, -0.25) is 0 Å². The molecule has 0 aliphatic carbocycles. The number of hydrogen-bond acceptors (Lipinski definition) is 0. The highest BCUT2D eigenvalue weighted by Gasteiger charge is 1.97. The van der Waals surface area contributed by atoms with Crippen molar-refractivity contribution >= 4 is 11.6 Å². The minimum Gasteiger partial charge on any atom is -0.207 e. The highest BCUT2D eigenvalue weighted by molar-refractivity contribution is 5.80. The van der Waals surface area contributed by atoms with Crippen molar-refractivity contribution in [3.63, 3.8) is 0 Å². The number of hydrogen-bond donors (Lipinski definition) is 0. The van der Waals surface area contributed by atoms with E-state index < -0.39 is 0 Å². The van der Waals surface area contributed by atoms with Crippen LogP contribution in [0.3, 0.4) is 0 Å². The summed E-state index contributed by atoms with van der Waals surface area (Å²) in [5.74, 6) is 6.19. The van der Waals surface area contributed by atoms with Gasteiger partial charge in [0.05, 0.1) is 0 Å². The Bertz CT molecular complexity index is 948. The molecule has 0 amide bonds. The molecule has 0 heterocycles. The largest absolute Gasteiger partial charge is 0.207 e. The lowest BCUT2D eigenvalue weighted by Crippen LogP contribution is -1.82. The van der Waals surface area contributed by atoms with E-state index in [1.165, 1.54) is 17.7 Å². The molecule has 3 aromatic carbocycles. The zero-order valence-electron chi connectivity index (χ0n) is 15.1.